The molecule has 0 aliphatic carbocycles. The number of rotatable bonds is 6. The van der Waals surface area contributed by atoms with Crippen LogP contribution in [0.2, 0.25) is 0 Å². The summed E-state index contributed by atoms with van der Waals surface area (Å²) in [6.07, 6.45) is 4.31. The summed E-state index contributed by atoms with van der Waals surface area (Å²) in [6.45, 7) is 10.0. The van der Waals surface area contributed by atoms with Crippen molar-refractivity contribution in [1.29, 1.82) is 0 Å². The fourth-order valence-electron chi connectivity index (χ4n) is 2.79. The first-order valence-corrected chi connectivity index (χ1v) is 8.11. The minimum atomic E-state index is 0.333. The molecule has 0 saturated heterocycles. The highest BCUT2D eigenvalue weighted by molar-refractivity contribution is 5.39. The maximum atomic E-state index is 5.75. The number of nitrogens with two attached hydrogens (primary N) is 1. The van der Waals surface area contributed by atoms with Crippen molar-refractivity contribution in [2.45, 2.75) is 59.4 Å². The number of ether oxygens (including phenoxy) is 1. The molecule has 2 rings (SSSR count). The van der Waals surface area contributed by atoms with Gasteiger partial charge in [0.15, 0.2) is 0 Å². The van der Waals surface area contributed by atoms with Crippen LogP contribution in [0.5, 0.6) is 5.75 Å². The lowest BCUT2D eigenvalue weighted by Crippen LogP contribution is -2.38. The van der Waals surface area contributed by atoms with E-state index in [0.29, 0.717) is 17.4 Å². The average molecular weight is 290 g/mol. The Kier molecular flexibility index (Phi) is 5.28. The van der Waals surface area contributed by atoms with Crippen molar-refractivity contribution in [3.8, 4) is 5.75 Å². The molecule has 1 aromatic carbocycles. The van der Waals surface area contributed by atoms with Gasteiger partial charge >= 0.3 is 0 Å². The monoisotopic (exact) mass is 290 g/mol. The van der Waals surface area contributed by atoms with Crippen molar-refractivity contribution < 1.29 is 4.74 Å². The number of hydrogen-bond acceptors (Lipinski definition) is 3. The van der Waals surface area contributed by atoms with Gasteiger partial charge in [0, 0.05) is 12.5 Å². The topological polar surface area (TPSA) is 47.3 Å². The van der Waals surface area contributed by atoms with Crippen molar-refractivity contribution in [3.63, 3.8) is 0 Å². The van der Waals surface area contributed by atoms with Crippen LogP contribution >= 0.6 is 0 Å². The van der Waals surface area contributed by atoms with E-state index < -0.39 is 0 Å². The molecule has 1 heterocycles. The van der Waals surface area contributed by atoms with E-state index in [1.807, 2.05) is 0 Å². The quantitative estimate of drug-likeness (QED) is 0.623. The molecule has 1 aliphatic heterocycles. The van der Waals surface area contributed by atoms with E-state index in [-0.39, 0.29) is 0 Å². The summed E-state index contributed by atoms with van der Waals surface area (Å²) in [5.74, 6) is 7.46. The maximum Gasteiger partial charge on any atom is 0.122 e. The molecule has 3 N–H and O–H groups in total. The van der Waals surface area contributed by atoms with Gasteiger partial charge in [-0.2, -0.15) is 0 Å². The highest BCUT2D eigenvalue weighted by Crippen LogP contribution is 2.30. The van der Waals surface area contributed by atoms with Crippen LogP contribution in [-0.2, 0) is 12.8 Å². The van der Waals surface area contributed by atoms with Crippen molar-refractivity contribution in [3.05, 3.63) is 29.3 Å². The zero-order valence-corrected chi connectivity index (χ0v) is 13.9. The second-order valence-electron chi connectivity index (χ2n) is 7.45. The normalized spacial score (nSPS) is 17.2. The van der Waals surface area contributed by atoms with E-state index in [4.69, 9.17) is 10.6 Å². The van der Waals surface area contributed by atoms with Crippen LogP contribution in [-0.4, -0.2) is 12.6 Å². The Morgan fingerprint density at radius 2 is 2.10 bits per heavy atom. The number of aryl methyl sites for hydroxylation is 1. The van der Waals surface area contributed by atoms with Gasteiger partial charge < -0.3 is 4.74 Å². The number of nitrogens with one attached hydrogen (secondary N) is 1. The Hall–Kier alpha value is -1.06. The zero-order chi connectivity index (χ0) is 15.5. The van der Waals surface area contributed by atoms with Crippen molar-refractivity contribution >= 4 is 0 Å². The Morgan fingerprint density at radius 1 is 1.33 bits per heavy atom. The lowest BCUT2D eigenvalue weighted by Gasteiger charge is -2.30. The molecule has 2 unspecified atom stereocenters. The van der Waals surface area contributed by atoms with Gasteiger partial charge in [0.25, 0.3) is 0 Å². The van der Waals surface area contributed by atoms with Gasteiger partial charge in [-0.15, -0.1) is 0 Å². The summed E-state index contributed by atoms with van der Waals surface area (Å²) >= 11 is 0. The van der Waals surface area contributed by atoms with Crippen LogP contribution < -0.4 is 16.0 Å². The number of fused-ring (bicyclic) bond motifs is 1. The van der Waals surface area contributed by atoms with E-state index in [9.17, 15) is 0 Å². The number of hydrazine groups is 1. The van der Waals surface area contributed by atoms with E-state index in [1.165, 1.54) is 11.1 Å². The lowest BCUT2D eigenvalue weighted by molar-refractivity contribution is 0.219. The molecule has 0 radical (unpaired) electrons. The molecule has 0 bridgehead atoms. The summed E-state index contributed by atoms with van der Waals surface area (Å²) in [5, 5.41) is 0. The molecule has 0 amide bonds. The fraction of sp³-hybridized carbons (Fsp3) is 0.667. The van der Waals surface area contributed by atoms with Crippen molar-refractivity contribution in [2.75, 3.05) is 6.61 Å². The van der Waals surface area contributed by atoms with Crippen LogP contribution in [0.25, 0.3) is 0 Å². The van der Waals surface area contributed by atoms with Crippen LogP contribution in [0.15, 0.2) is 18.2 Å². The van der Waals surface area contributed by atoms with Gasteiger partial charge in [-0.25, -0.2) is 0 Å². The first-order chi connectivity index (χ1) is 9.90. The smallest absolute Gasteiger partial charge is 0.122 e. The molecule has 2 atom stereocenters. The molecular weight excluding hydrogens is 260 g/mol. The molecule has 0 fully saturated rings. The predicted molar refractivity (Wildman–Crippen MR) is 88.3 cm³/mol. The van der Waals surface area contributed by atoms with Gasteiger partial charge in [-0.1, -0.05) is 39.8 Å². The highest BCUT2D eigenvalue weighted by Gasteiger charge is 2.23. The Bertz CT molecular complexity index is 465. The molecule has 0 saturated carbocycles. The third-order valence-electron chi connectivity index (χ3n) is 4.89. The van der Waals surface area contributed by atoms with Crippen LogP contribution in [0, 0.1) is 11.3 Å². The van der Waals surface area contributed by atoms with Crippen LogP contribution in [0.1, 0.15) is 51.7 Å². The van der Waals surface area contributed by atoms with E-state index in [0.717, 1.165) is 38.0 Å². The standard InChI is InChI=1S/C18H30N2O/c1-13(18(2,3)4)11-16(20-19)7-5-14-6-8-17-15(12-14)9-10-21-17/h6,8,12-13,16,20H,5,7,9-11,19H2,1-4H3. The molecule has 0 spiro atoms. The van der Waals surface area contributed by atoms with Gasteiger partial charge in [-0.05, 0) is 47.8 Å². The first-order valence-electron chi connectivity index (χ1n) is 8.11. The second kappa shape index (κ2) is 6.80. The Labute approximate surface area is 129 Å². The minimum absolute atomic E-state index is 0.333. The van der Waals surface area contributed by atoms with Gasteiger partial charge in [0.05, 0.1) is 6.61 Å². The number of hydrogen-bond donors (Lipinski definition) is 2. The predicted octanol–water partition coefficient (Wildman–Crippen LogP) is 3.46. The largest absolute Gasteiger partial charge is 0.493 e. The third-order valence-corrected chi connectivity index (χ3v) is 4.89. The van der Waals surface area contributed by atoms with E-state index in [1.54, 1.807) is 0 Å². The molecule has 118 valence electrons. The van der Waals surface area contributed by atoms with Gasteiger partial charge in [0.2, 0.25) is 0 Å². The van der Waals surface area contributed by atoms with E-state index in [2.05, 4.69) is 51.3 Å². The maximum absolute atomic E-state index is 5.75. The second-order valence-corrected chi connectivity index (χ2v) is 7.45. The highest BCUT2D eigenvalue weighted by atomic mass is 16.5. The zero-order valence-electron chi connectivity index (χ0n) is 13.9. The molecule has 0 aromatic heterocycles. The van der Waals surface area contributed by atoms with Crippen LogP contribution in [0.3, 0.4) is 0 Å². The van der Waals surface area contributed by atoms with E-state index >= 15 is 0 Å². The Morgan fingerprint density at radius 3 is 2.76 bits per heavy atom. The molecule has 3 heteroatoms. The average Bonchev–Trinajstić information content (AvgIpc) is 2.89. The third kappa shape index (κ3) is 4.45. The first kappa shape index (κ1) is 16.3. The van der Waals surface area contributed by atoms with Crippen molar-refractivity contribution in [2.24, 2.45) is 17.2 Å². The van der Waals surface area contributed by atoms with Gasteiger partial charge in [0.1, 0.15) is 5.75 Å². The lowest BCUT2D eigenvalue weighted by atomic mass is 9.78. The van der Waals surface area contributed by atoms with Gasteiger partial charge in [-0.3, -0.25) is 11.3 Å². The summed E-state index contributed by atoms with van der Waals surface area (Å²) in [4.78, 5) is 0. The minimum Gasteiger partial charge on any atom is -0.493 e. The van der Waals surface area contributed by atoms with Crippen molar-refractivity contribution in [1.82, 2.24) is 5.43 Å². The molecular formula is C18H30N2O. The Balaban J connectivity index is 1.88. The summed E-state index contributed by atoms with van der Waals surface area (Å²) in [5.41, 5.74) is 6.08. The molecule has 1 aliphatic rings. The van der Waals surface area contributed by atoms with Crippen LogP contribution in [0.4, 0.5) is 0 Å². The molecule has 3 nitrogen and oxygen atoms in total. The number of benzene rings is 1. The fourth-order valence-corrected chi connectivity index (χ4v) is 2.79. The molecule has 1 aromatic rings. The summed E-state index contributed by atoms with van der Waals surface area (Å²) < 4.78 is 5.56. The summed E-state index contributed by atoms with van der Waals surface area (Å²) in [7, 11) is 0. The SMILES string of the molecule is CC(CC(CCc1ccc2c(c1)CCO2)NN)C(C)(C)C. The summed E-state index contributed by atoms with van der Waals surface area (Å²) in [6, 6.07) is 6.97. The molecule has 21 heavy (non-hydrogen) atoms.